The van der Waals surface area contributed by atoms with Crippen LogP contribution in [-0.4, -0.2) is 47.9 Å². The van der Waals surface area contributed by atoms with E-state index in [0.717, 1.165) is 46.5 Å². The predicted molar refractivity (Wildman–Crippen MR) is 142 cm³/mol. The maximum Gasteiger partial charge on any atom is 0.133 e. The molecule has 0 aliphatic heterocycles. The topological polar surface area (TPSA) is 74.7 Å². The molecule has 1 aliphatic rings. The van der Waals surface area contributed by atoms with E-state index in [0.29, 0.717) is 5.82 Å². The molecule has 0 bridgehead atoms. The number of aromatic nitrogens is 1. The lowest BCUT2D eigenvalue weighted by Crippen LogP contribution is -2.09. The summed E-state index contributed by atoms with van der Waals surface area (Å²) < 4.78 is 0. The normalized spacial score (nSPS) is 15.2. The molecule has 1 heterocycles. The predicted octanol–water partition coefficient (Wildman–Crippen LogP) is 5.73. The maximum absolute atomic E-state index is 8.91. The molecule has 33 heavy (non-hydrogen) atoms. The molecule has 1 aromatic carbocycles. The number of nitrogens with zero attached hydrogens (tertiary/aromatic N) is 3. The van der Waals surface area contributed by atoms with Crippen LogP contribution in [-0.2, 0) is 0 Å². The quantitative estimate of drug-likeness (QED) is 0.439. The Morgan fingerprint density at radius 1 is 1.18 bits per heavy atom. The Morgan fingerprint density at radius 2 is 1.91 bits per heavy atom. The minimum absolute atomic E-state index is 0.0359. The summed E-state index contributed by atoms with van der Waals surface area (Å²) in [7, 11) is 5.73. The number of hydrogen-bond donors (Lipinski definition) is 2. The molecule has 176 valence electrons. The summed E-state index contributed by atoms with van der Waals surface area (Å²) in [5, 5.41) is 8.91. The van der Waals surface area contributed by atoms with Gasteiger partial charge in [0.05, 0.1) is 17.5 Å². The highest BCUT2D eigenvalue weighted by atomic mass is 16.3. The highest BCUT2D eigenvalue weighted by Crippen LogP contribution is 2.25. The SMILES string of the molecule is C=C/C(=C\N(C)C)c1cccc(-c2ccc(C(/C=C\C)=NC)c(N)n2)c1.OC1CCCCC1. The van der Waals surface area contributed by atoms with Gasteiger partial charge in [0.2, 0.25) is 0 Å². The van der Waals surface area contributed by atoms with Crippen molar-refractivity contribution in [3.05, 3.63) is 78.5 Å². The van der Waals surface area contributed by atoms with Crippen molar-refractivity contribution in [2.45, 2.75) is 45.1 Å². The number of nitrogens with two attached hydrogens (primary N) is 1. The van der Waals surface area contributed by atoms with E-state index in [2.05, 4.69) is 28.7 Å². The lowest BCUT2D eigenvalue weighted by molar-refractivity contribution is 0.130. The van der Waals surface area contributed by atoms with E-state index in [9.17, 15) is 0 Å². The second-order valence-electron chi connectivity index (χ2n) is 8.36. The molecule has 3 N–H and O–H groups in total. The van der Waals surface area contributed by atoms with Crippen LogP contribution < -0.4 is 5.73 Å². The molecule has 1 aliphatic carbocycles. The number of pyridine rings is 1. The fourth-order valence-corrected chi connectivity index (χ4v) is 3.76. The number of nitrogen functional groups attached to an aromatic ring is 1. The molecule has 3 rings (SSSR count). The zero-order valence-electron chi connectivity index (χ0n) is 20.5. The van der Waals surface area contributed by atoms with Crippen LogP contribution in [0.25, 0.3) is 16.8 Å². The monoisotopic (exact) mass is 446 g/mol. The van der Waals surface area contributed by atoms with Crippen LogP contribution in [0.5, 0.6) is 0 Å². The number of aliphatic hydroxyl groups is 1. The first-order valence-corrected chi connectivity index (χ1v) is 11.6. The first-order chi connectivity index (χ1) is 15.9. The van der Waals surface area contributed by atoms with Crippen molar-refractivity contribution in [3.63, 3.8) is 0 Å². The van der Waals surface area contributed by atoms with Crippen LogP contribution in [0.4, 0.5) is 5.82 Å². The van der Waals surface area contributed by atoms with Gasteiger partial charge in [0.15, 0.2) is 0 Å². The average molecular weight is 447 g/mol. The Kier molecular flexibility index (Phi) is 10.6. The van der Waals surface area contributed by atoms with Crippen LogP contribution in [0, 0.1) is 0 Å². The smallest absolute Gasteiger partial charge is 0.133 e. The molecule has 2 aromatic rings. The fraction of sp³-hybridized carbons (Fsp3) is 0.357. The summed E-state index contributed by atoms with van der Waals surface area (Å²) in [6.07, 6.45) is 13.7. The zero-order chi connectivity index (χ0) is 24.2. The van der Waals surface area contributed by atoms with E-state index < -0.39 is 0 Å². The zero-order valence-corrected chi connectivity index (χ0v) is 20.5. The van der Waals surface area contributed by atoms with Gasteiger partial charge in [-0.25, -0.2) is 4.98 Å². The summed E-state index contributed by atoms with van der Waals surface area (Å²) >= 11 is 0. The van der Waals surface area contributed by atoms with Gasteiger partial charge in [-0.15, -0.1) is 0 Å². The van der Waals surface area contributed by atoms with Gasteiger partial charge in [0.1, 0.15) is 5.82 Å². The third-order valence-electron chi connectivity index (χ3n) is 5.45. The van der Waals surface area contributed by atoms with Crippen LogP contribution in [0.3, 0.4) is 0 Å². The Labute approximate surface area is 199 Å². The van der Waals surface area contributed by atoms with E-state index >= 15 is 0 Å². The first-order valence-electron chi connectivity index (χ1n) is 11.6. The summed E-state index contributed by atoms with van der Waals surface area (Å²) in [5.41, 5.74) is 11.8. The van der Waals surface area contributed by atoms with Gasteiger partial charge >= 0.3 is 0 Å². The van der Waals surface area contributed by atoms with Gasteiger partial charge in [-0.3, -0.25) is 4.99 Å². The van der Waals surface area contributed by atoms with Crippen LogP contribution in [0.1, 0.15) is 50.2 Å². The molecule has 1 aromatic heterocycles. The maximum atomic E-state index is 8.91. The number of allylic oxidation sites excluding steroid dienone is 4. The first kappa shape index (κ1) is 26.1. The van der Waals surface area contributed by atoms with Crippen molar-refractivity contribution >= 4 is 17.1 Å². The summed E-state index contributed by atoms with van der Waals surface area (Å²) in [6, 6.07) is 12.1. The lowest BCUT2D eigenvalue weighted by atomic mass is 9.98. The van der Waals surface area contributed by atoms with Crippen molar-refractivity contribution in [2.24, 2.45) is 4.99 Å². The molecule has 5 heteroatoms. The number of aliphatic hydroxyl groups excluding tert-OH is 1. The molecule has 0 unspecified atom stereocenters. The Hall–Kier alpha value is -3.18. The van der Waals surface area contributed by atoms with E-state index in [1.165, 1.54) is 19.3 Å². The van der Waals surface area contributed by atoms with Crippen LogP contribution in [0.15, 0.2) is 72.4 Å². The molecule has 0 saturated heterocycles. The number of aliphatic imine (C=N–C) groups is 1. The van der Waals surface area contributed by atoms with Crippen molar-refractivity contribution < 1.29 is 5.11 Å². The van der Waals surface area contributed by atoms with Gasteiger partial charge in [0, 0.05) is 38.5 Å². The molecule has 0 atom stereocenters. The van der Waals surface area contributed by atoms with E-state index in [1.54, 1.807) is 7.05 Å². The van der Waals surface area contributed by atoms with Crippen molar-refractivity contribution in [1.29, 1.82) is 0 Å². The van der Waals surface area contributed by atoms with Crippen LogP contribution >= 0.6 is 0 Å². The minimum atomic E-state index is 0.0359. The third kappa shape index (κ3) is 8.03. The van der Waals surface area contributed by atoms with Crippen molar-refractivity contribution in [3.8, 4) is 11.3 Å². The highest BCUT2D eigenvalue weighted by molar-refractivity contribution is 6.11. The molecule has 0 spiro atoms. The molecule has 1 fully saturated rings. The molecular weight excluding hydrogens is 408 g/mol. The van der Waals surface area contributed by atoms with Gasteiger partial charge in [-0.1, -0.05) is 56.2 Å². The second kappa shape index (κ2) is 13.4. The lowest BCUT2D eigenvalue weighted by Gasteiger charge is -2.14. The summed E-state index contributed by atoms with van der Waals surface area (Å²) in [6.45, 7) is 5.87. The number of anilines is 1. The average Bonchev–Trinajstić information content (AvgIpc) is 2.82. The Bertz CT molecular complexity index is 999. The Morgan fingerprint density at radius 3 is 2.42 bits per heavy atom. The van der Waals surface area contributed by atoms with Crippen LogP contribution in [0.2, 0.25) is 0 Å². The van der Waals surface area contributed by atoms with Gasteiger partial charge in [-0.2, -0.15) is 0 Å². The Balaban J connectivity index is 0.000000468. The summed E-state index contributed by atoms with van der Waals surface area (Å²) in [5.74, 6) is 0.472. The van der Waals surface area contributed by atoms with Gasteiger partial charge in [-0.05, 0) is 55.2 Å². The minimum Gasteiger partial charge on any atom is -0.393 e. The number of rotatable bonds is 6. The number of benzene rings is 1. The second-order valence-corrected chi connectivity index (χ2v) is 8.36. The third-order valence-corrected chi connectivity index (χ3v) is 5.45. The van der Waals surface area contributed by atoms with E-state index in [-0.39, 0.29) is 6.10 Å². The number of hydrogen-bond acceptors (Lipinski definition) is 5. The molecule has 0 amide bonds. The highest BCUT2D eigenvalue weighted by Gasteiger charge is 2.10. The summed E-state index contributed by atoms with van der Waals surface area (Å²) in [4.78, 5) is 10.9. The largest absolute Gasteiger partial charge is 0.393 e. The van der Waals surface area contributed by atoms with E-state index in [4.69, 9.17) is 10.8 Å². The van der Waals surface area contributed by atoms with Crippen molar-refractivity contribution in [2.75, 3.05) is 26.9 Å². The van der Waals surface area contributed by atoms with Gasteiger partial charge in [0.25, 0.3) is 0 Å². The van der Waals surface area contributed by atoms with Crippen molar-refractivity contribution in [1.82, 2.24) is 9.88 Å². The molecule has 5 nitrogen and oxygen atoms in total. The standard InChI is InChI=1S/C22H26N4.C6H12O/c1-6-9-21(24-3)19-12-13-20(25-22(19)23)18-11-8-10-17(14-18)16(7-2)15-26(4)5;7-6-4-2-1-3-5-6/h6-15H,2H2,1,3-5H3,(H2,23,25);6-7H,1-5H2/b9-6-,16-15+,24-21?;. The molecule has 1 saturated carbocycles. The molecule has 0 radical (unpaired) electrons. The van der Waals surface area contributed by atoms with E-state index in [1.807, 2.05) is 74.6 Å². The molecular formula is C28H38N4O. The van der Waals surface area contributed by atoms with Gasteiger partial charge < -0.3 is 15.7 Å². The fourth-order valence-electron chi connectivity index (χ4n) is 3.76.